The molecule has 3 atom stereocenters. The van der Waals surface area contributed by atoms with E-state index >= 15 is 0 Å². The molecule has 0 aliphatic heterocycles. The van der Waals surface area contributed by atoms with E-state index in [2.05, 4.69) is 6.92 Å². The molecule has 1 aliphatic carbocycles. The molecule has 0 spiro atoms. The fraction of sp³-hybridized carbons (Fsp3) is 0.625. The molecule has 0 heterocycles. The van der Waals surface area contributed by atoms with Gasteiger partial charge in [0.2, 0.25) is 0 Å². The SMILES string of the molecule is CCC1CCC(CN)(C(O)c2ccc(OC)cc2)C1. The number of hydrogen-bond donors (Lipinski definition) is 2. The van der Waals surface area contributed by atoms with Crippen molar-refractivity contribution in [3.8, 4) is 5.75 Å². The maximum Gasteiger partial charge on any atom is 0.118 e. The van der Waals surface area contributed by atoms with Gasteiger partial charge < -0.3 is 15.6 Å². The minimum absolute atomic E-state index is 0.144. The maximum absolute atomic E-state index is 10.7. The van der Waals surface area contributed by atoms with Crippen LogP contribution in [0, 0.1) is 11.3 Å². The second-order valence-electron chi connectivity index (χ2n) is 5.76. The number of methoxy groups -OCH3 is 1. The summed E-state index contributed by atoms with van der Waals surface area (Å²) >= 11 is 0. The molecule has 0 amide bonds. The normalized spacial score (nSPS) is 28.3. The highest BCUT2D eigenvalue weighted by Gasteiger charge is 2.43. The van der Waals surface area contributed by atoms with Crippen molar-refractivity contribution in [3.63, 3.8) is 0 Å². The van der Waals surface area contributed by atoms with Gasteiger partial charge >= 0.3 is 0 Å². The number of benzene rings is 1. The summed E-state index contributed by atoms with van der Waals surface area (Å²) in [4.78, 5) is 0. The maximum atomic E-state index is 10.7. The molecule has 1 aliphatic rings. The first-order chi connectivity index (χ1) is 9.15. The van der Waals surface area contributed by atoms with Crippen molar-refractivity contribution in [1.29, 1.82) is 0 Å². The van der Waals surface area contributed by atoms with Gasteiger partial charge in [-0.2, -0.15) is 0 Å². The number of aliphatic hydroxyl groups is 1. The molecule has 3 nitrogen and oxygen atoms in total. The summed E-state index contributed by atoms with van der Waals surface area (Å²) in [6.07, 6.45) is 3.94. The molecule has 0 bridgehead atoms. The molecule has 3 unspecified atom stereocenters. The Labute approximate surface area is 115 Å². The molecular weight excluding hydrogens is 238 g/mol. The zero-order chi connectivity index (χ0) is 13.9. The Balaban J connectivity index is 2.18. The zero-order valence-electron chi connectivity index (χ0n) is 11.9. The van der Waals surface area contributed by atoms with Gasteiger partial charge in [-0.05, 0) is 42.9 Å². The molecule has 19 heavy (non-hydrogen) atoms. The van der Waals surface area contributed by atoms with Gasteiger partial charge in [0.25, 0.3) is 0 Å². The minimum atomic E-state index is -0.472. The Bertz CT molecular complexity index is 404. The van der Waals surface area contributed by atoms with E-state index in [1.165, 1.54) is 12.8 Å². The van der Waals surface area contributed by atoms with Crippen LogP contribution < -0.4 is 10.5 Å². The van der Waals surface area contributed by atoms with Gasteiger partial charge in [-0.1, -0.05) is 25.5 Å². The molecule has 1 fully saturated rings. The Morgan fingerprint density at radius 2 is 2.11 bits per heavy atom. The molecule has 106 valence electrons. The van der Waals surface area contributed by atoms with Crippen LogP contribution in [0.2, 0.25) is 0 Å². The molecule has 0 aromatic heterocycles. The summed E-state index contributed by atoms with van der Waals surface area (Å²) in [5, 5.41) is 10.7. The van der Waals surface area contributed by atoms with E-state index in [4.69, 9.17) is 10.5 Å². The standard InChI is InChI=1S/C16H25NO2/c1-3-12-8-9-16(10-12,11-17)15(18)13-4-6-14(19-2)7-5-13/h4-7,12,15,18H,3,8-11,17H2,1-2H3. The van der Waals surface area contributed by atoms with Gasteiger partial charge in [0.15, 0.2) is 0 Å². The van der Waals surface area contributed by atoms with Gasteiger partial charge in [0.05, 0.1) is 13.2 Å². The Kier molecular flexibility index (Phi) is 4.48. The summed E-state index contributed by atoms with van der Waals surface area (Å²) in [5.74, 6) is 1.52. The Morgan fingerprint density at radius 1 is 1.42 bits per heavy atom. The first-order valence-electron chi connectivity index (χ1n) is 7.17. The first kappa shape index (κ1) is 14.4. The van der Waals surface area contributed by atoms with Crippen molar-refractivity contribution in [3.05, 3.63) is 29.8 Å². The van der Waals surface area contributed by atoms with E-state index in [1.807, 2.05) is 24.3 Å². The number of hydrogen-bond acceptors (Lipinski definition) is 3. The highest BCUT2D eigenvalue weighted by atomic mass is 16.5. The Hall–Kier alpha value is -1.06. The fourth-order valence-corrected chi connectivity index (χ4v) is 3.30. The predicted molar refractivity (Wildman–Crippen MR) is 77.1 cm³/mol. The van der Waals surface area contributed by atoms with Gasteiger partial charge in [-0.3, -0.25) is 0 Å². The summed E-state index contributed by atoms with van der Waals surface area (Å²) in [7, 11) is 1.65. The third kappa shape index (κ3) is 2.77. The van der Waals surface area contributed by atoms with Crippen molar-refractivity contribution in [1.82, 2.24) is 0 Å². The van der Waals surface area contributed by atoms with Crippen molar-refractivity contribution in [2.45, 2.75) is 38.7 Å². The van der Waals surface area contributed by atoms with Gasteiger partial charge in [-0.25, -0.2) is 0 Å². The predicted octanol–water partition coefficient (Wildman–Crippen LogP) is 2.88. The van der Waals surface area contributed by atoms with Crippen molar-refractivity contribution < 1.29 is 9.84 Å². The van der Waals surface area contributed by atoms with Crippen LogP contribution in [0.3, 0.4) is 0 Å². The van der Waals surface area contributed by atoms with E-state index in [9.17, 15) is 5.11 Å². The second kappa shape index (κ2) is 5.93. The first-order valence-corrected chi connectivity index (χ1v) is 7.17. The molecule has 1 aromatic rings. The topological polar surface area (TPSA) is 55.5 Å². The lowest BCUT2D eigenvalue weighted by atomic mass is 9.76. The number of rotatable bonds is 5. The number of nitrogens with two attached hydrogens (primary N) is 1. The molecule has 3 N–H and O–H groups in total. The van der Waals surface area contributed by atoms with Crippen LogP contribution in [0.4, 0.5) is 0 Å². The zero-order valence-corrected chi connectivity index (χ0v) is 11.9. The minimum Gasteiger partial charge on any atom is -0.497 e. The Morgan fingerprint density at radius 3 is 2.58 bits per heavy atom. The summed E-state index contributed by atoms with van der Waals surface area (Å²) in [6.45, 7) is 2.77. The second-order valence-corrected chi connectivity index (χ2v) is 5.76. The van der Waals surface area contributed by atoms with Gasteiger partial charge in [-0.15, -0.1) is 0 Å². The molecule has 1 aromatic carbocycles. The molecule has 2 rings (SSSR count). The summed E-state index contributed by atoms with van der Waals surface area (Å²) in [5.41, 5.74) is 6.80. The van der Waals surface area contributed by atoms with Crippen LogP contribution >= 0.6 is 0 Å². The lowest BCUT2D eigenvalue weighted by Gasteiger charge is -2.33. The van der Waals surface area contributed by atoms with Crippen molar-refractivity contribution in [2.24, 2.45) is 17.1 Å². The lowest BCUT2D eigenvalue weighted by molar-refractivity contribution is 0.0301. The highest BCUT2D eigenvalue weighted by Crippen LogP contribution is 2.50. The largest absolute Gasteiger partial charge is 0.497 e. The average Bonchev–Trinajstić information content (AvgIpc) is 2.91. The van der Waals surface area contributed by atoms with Crippen molar-refractivity contribution in [2.75, 3.05) is 13.7 Å². The molecular formula is C16H25NO2. The van der Waals surface area contributed by atoms with E-state index in [0.717, 1.165) is 24.2 Å². The molecule has 1 saturated carbocycles. The summed E-state index contributed by atoms with van der Waals surface area (Å²) < 4.78 is 5.15. The monoisotopic (exact) mass is 263 g/mol. The van der Waals surface area contributed by atoms with E-state index in [-0.39, 0.29) is 5.41 Å². The molecule has 3 heteroatoms. The van der Waals surface area contributed by atoms with E-state index < -0.39 is 6.10 Å². The van der Waals surface area contributed by atoms with Crippen LogP contribution in [0.15, 0.2) is 24.3 Å². The third-order valence-electron chi connectivity index (χ3n) is 4.74. The average molecular weight is 263 g/mol. The van der Waals surface area contributed by atoms with Gasteiger partial charge in [0, 0.05) is 12.0 Å². The fourth-order valence-electron chi connectivity index (χ4n) is 3.30. The van der Waals surface area contributed by atoms with Crippen LogP contribution in [-0.2, 0) is 0 Å². The molecule has 0 radical (unpaired) electrons. The number of aliphatic hydroxyl groups excluding tert-OH is 1. The third-order valence-corrected chi connectivity index (χ3v) is 4.74. The van der Waals surface area contributed by atoms with Gasteiger partial charge in [0.1, 0.15) is 5.75 Å². The van der Waals surface area contributed by atoms with Crippen LogP contribution in [-0.4, -0.2) is 18.8 Å². The van der Waals surface area contributed by atoms with E-state index in [1.54, 1.807) is 7.11 Å². The summed E-state index contributed by atoms with van der Waals surface area (Å²) in [6, 6.07) is 7.68. The number of ether oxygens (including phenoxy) is 1. The molecule has 0 saturated heterocycles. The van der Waals surface area contributed by atoms with Crippen LogP contribution in [0.5, 0.6) is 5.75 Å². The lowest BCUT2D eigenvalue weighted by Crippen LogP contribution is -2.34. The van der Waals surface area contributed by atoms with Crippen molar-refractivity contribution >= 4 is 0 Å². The van der Waals surface area contributed by atoms with Crippen LogP contribution in [0.25, 0.3) is 0 Å². The smallest absolute Gasteiger partial charge is 0.118 e. The highest BCUT2D eigenvalue weighted by molar-refractivity contribution is 5.29. The quantitative estimate of drug-likeness (QED) is 0.859. The van der Waals surface area contributed by atoms with Crippen LogP contribution in [0.1, 0.15) is 44.3 Å². The van der Waals surface area contributed by atoms with E-state index in [0.29, 0.717) is 12.5 Å².